The van der Waals surface area contributed by atoms with Crippen LogP contribution in [0.25, 0.3) is 0 Å². The van der Waals surface area contributed by atoms with Crippen LogP contribution in [0.1, 0.15) is 31.9 Å². The van der Waals surface area contributed by atoms with E-state index in [1.54, 1.807) is 39.0 Å². The lowest BCUT2D eigenvalue weighted by atomic mass is 10.1. The minimum Gasteiger partial charge on any atom is -0.444 e. The molecule has 0 bridgehead atoms. The van der Waals surface area contributed by atoms with Crippen molar-refractivity contribution in [3.8, 4) is 0 Å². The molecule has 0 aliphatic carbocycles. The number of halogens is 1. The number of benzene rings is 1. The van der Waals surface area contributed by atoms with Crippen LogP contribution in [0.15, 0.2) is 23.2 Å². The van der Waals surface area contributed by atoms with Crippen LogP contribution in [0.4, 0.5) is 4.79 Å². The molecule has 20 heavy (non-hydrogen) atoms. The van der Waals surface area contributed by atoms with E-state index in [1.165, 1.54) is 0 Å². The van der Waals surface area contributed by atoms with Gasteiger partial charge in [-0.2, -0.15) is 0 Å². The van der Waals surface area contributed by atoms with Gasteiger partial charge in [0.15, 0.2) is 0 Å². The molecule has 0 aromatic heterocycles. The largest absolute Gasteiger partial charge is 0.444 e. The molecule has 0 heterocycles. The van der Waals surface area contributed by atoms with Gasteiger partial charge >= 0.3 is 6.09 Å². The van der Waals surface area contributed by atoms with Crippen LogP contribution in [0, 0.1) is 5.41 Å². The fraction of sp³-hybridized carbons (Fsp3) is 0.357. The zero-order valence-corrected chi connectivity index (χ0v) is 12.5. The second kappa shape index (κ2) is 6.52. The Morgan fingerprint density at radius 2 is 2.15 bits per heavy atom. The molecular weight excluding hydrogens is 278 g/mol. The Morgan fingerprint density at radius 1 is 1.50 bits per heavy atom. The van der Waals surface area contributed by atoms with Crippen LogP contribution in [-0.4, -0.2) is 24.2 Å². The highest BCUT2D eigenvalue weighted by atomic mass is 35.5. The van der Waals surface area contributed by atoms with Gasteiger partial charge < -0.3 is 4.74 Å². The molecule has 0 saturated carbocycles. The Bertz CT molecular complexity index is 536. The molecule has 1 aromatic rings. The lowest BCUT2D eigenvalue weighted by Gasteiger charge is -2.19. The first kappa shape index (κ1) is 16.2. The first-order chi connectivity index (χ1) is 9.23. The SMILES string of the molecule is C=NCc1ccc(C(=N)NC(=O)OC(C)(C)C)cc1Cl. The second-order valence-electron chi connectivity index (χ2n) is 5.19. The molecular formula is C14H18ClN3O2. The van der Waals surface area contributed by atoms with E-state index in [4.69, 9.17) is 21.7 Å². The van der Waals surface area contributed by atoms with Crippen LogP contribution >= 0.6 is 11.6 Å². The molecule has 0 aliphatic heterocycles. The summed E-state index contributed by atoms with van der Waals surface area (Å²) in [7, 11) is 0. The molecule has 0 saturated heterocycles. The lowest BCUT2D eigenvalue weighted by Crippen LogP contribution is -2.36. The number of carbonyl (C=O) groups is 1. The van der Waals surface area contributed by atoms with Crippen molar-refractivity contribution in [2.75, 3.05) is 0 Å². The first-order valence-corrected chi connectivity index (χ1v) is 6.40. The number of rotatable bonds is 3. The zero-order chi connectivity index (χ0) is 15.3. The molecule has 1 amide bonds. The van der Waals surface area contributed by atoms with Gasteiger partial charge in [-0.15, -0.1) is 0 Å². The maximum absolute atomic E-state index is 11.6. The number of nitrogens with zero attached hydrogens (tertiary/aromatic N) is 1. The molecule has 1 rings (SSSR count). The summed E-state index contributed by atoms with van der Waals surface area (Å²) >= 11 is 6.07. The fourth-order valence-electron chi connectivity index (χ4n) is 1.43. The van der Waals surface area contributed by atoms with E-state index in [-0.39, 0.29) is 5.84 Å². The van der Waals surface area contributed by atoms with Crippen molar-refractivity contribution in [1.82, 2.24) is 5.32 Å². The number of alkyl carbamates (subject to hydrolysis) is 1. The normalized spacial score (nSPS) is 10.8. The molecule has 0 radical (unpaired) electrons. The summed E-state index contributed by atoms with van der Waals surface area (Å²) < 4.78 is 5.08. The summed E-state index contributed by atoms with van der Waals surface area (Å²) in [5.74, 6) is -0.0701. The van der Waals surface area contributed by atoms with Gasteiger partial charge in [0, 0.05) is 10.6 Å². The molecule has 0 unspecified atom stereocenters. The number of carbonyl (C=O) groups excluding carboxylic acids is 1. The van der Waals surface area contributed by atoms with Gasteiger partial charge in [-0.1, -0.05) is 23.7 Å². The van der Waals surface area contributed by atoms with Gasteiger partial charge in [0.1, 0.15) is 11.4 Å². The monoisotopic (exact) mass is 295 g/mol. The Morgan fingerprint density at radius 3 is 2.65 bits per heavy atom. The Hall–Kier alpha value is -1.88. The van der Waals surface area contributed by atoms with Crippen LogP contribution in [0.2, 0.25) is 5.02 Å². The van der Waals surface area contributed by atoms with E-state index in [2.05, 4.69) is 17.0 Å². The summed E-state index contributed by atoms with van der Waals surface area (Å²) in [6.45, 7) is 9.07. The molecule has 1 aromatic carbocycles. The summed E-state index contributed by atoms with van der Waals surface area (Å²) in [6, 6.07) is 5.03. The average molecular weight is 296 g/mol. The van der Waals surface area contributed by atoms with E-state index < -0.39 is 11.7 Å². The minimum atomic E-state index is -0.671. The predicted molar refractivity (Wildman–Crippen MR) is 80.9 cm³/mol. The quantitative estimate of drug-likeness (QED) is 0.662. The first-order valence-electron chi connectivity index (χ1n) is 6.03. The number of aliphatic imine (C=N–C) groups is 1. The highest BCUT2D eigenvalue weighted by Crippen LogP contribution is 2.18. The van der Waals surface area contributed by atoms with Crippen molar-refractivity contribution in [2.24, 2.45) is 4.99 Å². The molecule has 6 heteroatoms. The minimum absolute atomic E-state index is 0.0701. The van der Waals surface area contributed by atoms with Crippen molar-refractivity contribution in [2.45, 2.75) is 32.9 Å². The topological polar surface area (TPSA) is 74.5 Å². The van der Waals surface area contributed by atoms with E-state index >= 15 is 0 Å². The third-order valence-electron chi connectivity index (χ3n) is 2.25. The summed E-state index contributed by atoms with van der Waals surface area (Å²) in [5.41, 5.74) is 0.700. The number of ether oxygens (including phenoxy) is 1. The molecule has 108 valence electrons. The fourth-order valence-corrected chi connectivity index (χ4v) is 1.67. The smallest absolute Gasteiger partial charge is 0.413 e. The molecule has 0 aliphatic rings. The number of hydrogen-bond acceptors (Lipinski definition) is 4. The Labute approximate surface area is 123 Å². The summed E-state index contributed by atoms with van der Waals surface area (Å²) in [6.07, 6.45) is -0.671. The van der Waals surface area contributed by atoms with Gasteiger partial charge in [0.25, 0.3) is 0 Å². The second-order valence-corrected chi connectivity index (χ2v) is 5.60. The van der Waals surface area contributed by atoms with E-state index in [9.17, 15) is 4.79 Å². The van der Waals surface area contributed by atoms with Gasteiger partial charge in [-0.05, 0) is 39.1 Å². The van der Waals surface area contributed by atoms with Gasteiger partial charge in [0.05, 0.1) is 6.54 Å². The molecule has 2 N–H and O–H groups in total. The Balaban J connectivity index is 2.76. The van der Waals surface area contributed by atoms with Crippen molar-refractivity contribution in [3.63, 3.8) is 0 Å². The Kier molecular flexibility index (Phi) is 5.27. The highest BCUT2D eigenvalue weighted by molar-refractivity contribution is 6.31. The van der Waals surface area contributed by atoms with Crippen LogP contribution < -0.4 is 5.32 Å². The van der Waals surface area contributed by atoms with Crippen molar-refractivity contribution in [1.29, 1.82) is 5.41 Å². The summed E-state index contributed by atoms with van der Waals surface area (Å²) in [5, 5.41) is 10.7. The number of nitrogens with one attached hydrogen (secondary N) is 2. The van der Waals surface area contributed by atoms with E-state index in [0.717, 1.165) is 5.56 Å². The van der Waals surface area contributed by atoms with Gasteiger partial charge in [0.2, 0.25) is 0 Å². The third kappa shape index (κ3) is 5.01. The molecule has 0 atom stereocenters. The lowest BCUT2D eigenvalue weighted by molar-refractivity contribution is 0.0563. The van der Waals surface area contributed by atoms with Gasteiger partial charge in [-0.25, -0.2) is 4.79 Å². The van der Waals surface area contributed by atoms with Crippen LogP contribution in [0.3, 0.4) is 0 Å². The highest BCUT2D eigenvalue weighted by Gasteiger charge is 2.17. The van der Waals surface area contributed by atoms with Crippen LogP contribution in [0.5, 0.6) is 0 Å². The zero-order valence-electron chi connectivity index (χ0n) is 11.8. The van der Waals surface area contributed by atoms with E-state index in [0.29, 0.717) is 17.1 Å². The third-order valence-corrected chi connectivity index (χ3v) is 2.60. The van der Waals surface area contributed by atoms with E-state index in [1.807, 2.05) is 0 Å². The molecule has 5 nitrogen and oxygen atoms in total. The maximum Gasteiger partial charge on any atom is 0.413 e. The molecule has 0 fully saturated rings. The average Bonchev–Trinajstić information content (AvgIpc) is 2.29. The summed E-state index contributed by atoms with van der Waals surface area (Å²) in [4.78, 5) is 15.3. The van der Waals surface area contributed by atoms with Crippen molar-refractivity contribution < 1.29 is 9.53 Å². The van der Waals surface area contributed by atoms with Gasteiger partial charge in [-0.3, -0.25) is 15.7 Å². The number of hydrogen-bond donors (Lipinski definition) is 2. The predicted octanol–water partition coefficient (Wildman–Crippen LogP) is 3.39. The maximum atomic E-state index is 11.6. The van der Waals surface area contributed by atoms with Crippen molar-refractivity contribution in [3.05, 3.63) is 34.3 Å². The van der Waals surface area contributed by atoms with Crippen LogP contribution in [-0.2, 0) is 11.3 Å². The number of amides is 1. The molecule has 0 spiro atoms. The number of amidine groups is 1. The standard InChI is InChI=1S/C14H18ClN3O2/c1-14(2,3)20-13(19)18-12(16)9-5-6-10(8-17-4)11(15)7-9/h5-7H,4,8H2,1-3H3,(H2,16,18,19). The van der Waals surface area contributed by atoms with Crippen molar-refractivity contribution >= 4 is 30.2 Å².